The molecule has 16 heavy (non-hydrogen) atoms. The van der Waals surface area contributed by atoms with Crippen molar-refractivity contribution in [3.63, 3.8) is 0 Å². The van der Waals surface area contributed by atoms with Gasteiger partial charge in [0.25, 0.3) is 0 Å². The van der Waals surface area contributed by atoms with Crippen molar-refractivity contribution in [1.82, 2.24) is 9.88 Å². The first-order chi connectivity index (χ1) is 7.76. The minimum absolute atomic E-state index is 0.859. The molecule has 1 aromatic heterocycles. The molecule has 0 N–H and O–H groups in total. The van der Waals surface area contributed by atoms with Gasteiger partial charge in [-0.25, -0.2) is 0 Å². The van der Waals surface area contributed by atoms with Gasteiger partial charge >= 0.3 is 0 Å². The average Bonchev–Trinajstić information content (AvgIpc) is 2.28. The highest BCUT2D eigenvalue weighted by Gasteiger charge is 2.03. The van der Waals surface area contributed by atoms with Crippen LogP contribution in [0.25, 0.3) is 0 Å². The minimum atomic E-state index is 0.859. The fourth-order valence-corrected chi connectivity index (χ4v) is 1.67. The molecule has 0 saturated carbocycles. The summed E-state index contributed by atoms with van der Waals surface area (Å²) in [5.41, 5.74) is 2.22. The van der Waals surface area contributed by atoms with Crippen LogP contribution in [-0.2, 0) is 6.54 Å². The van der Waals surface area contributed by atoms with Crippen molar-refractivity contribution in [2.45, 2.75) is 33.2 Å². The second kappa shape index (κ2) is 7.03. The van der Waals surface area contributed by atoms with Gasteiger partial charge in [-0.1, -0.05) is 13.0 Å². The Morgan fingerprint density at radius 2 is 2.25 bits per heavy atom. The van der Waals surface area contributed by atoms with Crippen LogP contribution < -0.4 is 0 Å². The fraction of sp³-hybridized carbons (Fsp3) is 0.500. The summed E-state index contributed by atoms with van der Waals surface area (Å²) in [4.78, 5) is 6.88. The maximum atomic E-state index is 5.25. The van der Waals surface area contributed by atoms with Gasteiger partial charge in [0.05, 0.1) is 5.69 Å². The van der Waals surface area contributed by atoms with Crippen molar-refractivity contribution in [3.8, 4) is 12.3 Å². The van der Waals surface area contributed by atoms with Gasteiger partial charge in [-0.15, -0.1) is 12.3 Å². The molecule has 0 aliphatic heterocycles. The number of pyridine rings is 1. The smallest absolute Gasteiger partial charge is 0.0547 e. The number of hydrogen-bond acceptors (Lipinski definition) is 2. The minimum Gasteiger partial charge on any atom is -0.298 e. The first kappa shape index (κ1) is 12.7. The molecule has 1 heterocycles. The van der Waals surface area contributed by atoms with Crippen LogP contribution in [0.2, 0.25) is 0 Å². The number of rotatable bonds is 6. The van der Waals surface area contributed by atoms with Crippen molar-refractivity contribution in [1.29, 1.82) is 0 Å². The summed E-state index contributed by atoms with van der Waals surface area (Å²) >= 11 is 0. The lowest BCUT2D eigenvalue weighted by Gasteiger charge is -2.19. The molecule has 0 aromatic carbocycles. The molecule has 0 radical (unpaired) electrons. The maximum Gasteiger partial charge on any atom is 0.0547 e. The van der Waals surface area contributed by atoms with Crippen molar-refractivity contribution in [2.75, 3.05) is 13.1 Å². The lowest BCUT2D eigenvalue weighted by Crippen LogP contribution is -2.24. The summed E-state index contributed by atoms with van der Waals surface area (Å²) in [5, 5.41) is 0. The third-order valence-corrected chi connectivity index (χ3v) is 2.57. The Kier molecular flexibility index (Phi) is 5.60. The van der Waals surface area contributed by atoms with E-state index >= 15 is 0 Å². The Hall–Kier alpha value is -1.33. The average molecular weight is 216 g/mol. The van der Waals surface area contributed by atoms with Crippen LogP contribution >= 0.6 is 0 Å². The lowest BCUT2D eigenvalue weighted by atomic mass is 10.2. The normalized spacial score (nSPS) is 10.4. The zero-order valence-electron chi connectivity index (χ0n) is 10.2. The van der Waals surface area contributed by atoms with E-state index in [0.29, 0.717) is 0 Å². The molecule has 1 rings (SSSR count). The fourth-order valence-electron chi connectivity index (χ4n) is 1.67. The van der Waals surface area contributed by atoms with Crippen LogP contribution in [-0.4, -0.2) is 23.0 Å². The highest BCUT2D eigenvalue weighted by Crippen LogP contribution is 2.04. The lowest BCUT2D eigenvalue weighted by molar-refractivity contribution is 0.274. The van der Waals surface area contributed by atoms with E-state index in [-0.39, 0.29) is 0 Å². The molecular formula is C14H20N2. The van der Waals surface area contributed by atoms with E-state index in [9.17, 15) is 0 Å². The predicted molar refractivity (Wildman–Crippen MR) is 68.0 cm³/mol. The molecule has 0 unspecified atom stereocenters. The summed E-state index contributed by atoms with van der Waals surface area (Å²) in [5.74, 6) is 2.68. The second-order valence-corrected chi connectivity index (χ2v) is 3.95. The molecule has 0 spiro atoms. The highest BCUT2D eigenvalue weighted by molar-refractivity contribution is 5.09. The predicted octanol–water partition coefficient (Wildman–Crippen LogP) is 2.63. The van der Waals surface area contributed by atoms with Crippen LogP contribution in [0.1, 0.15) is 31.2 Å². The Balaban J connectivity index is 2.47. The van der Waals surface area contributed by atoms with Gasteiger partial charge in [0.2, 0.25) is 0 Å². The molecule has 1 aromatic rings. The molecule has 0 atom stereocenters. The van der Waals surface area contributed by atoms with E-state index in [1.807, 2.05) is 13.0 Å². The summed E-state index contributed by atoms with van der Waals surface area (Å²) in [7, 11) is 0. The molecule has 0 saturated heterocycles. The number of aromatic nitrogens is 1. The van der Waals surface area contributed by atoms with Crippen LogP contribution in [0, 0.1) is 19.3 Å². The topological polar surface area (TPSA) is 16.1 Å². The first-order valence-electron chi connectivity index (χ1n) is 5.84. The zero-order valence-corrected chi connectivity index (χ0v) is 10.2. The number of terminal acetylenes is 1. The van der Waals surface area contributed by atoms with Gasteiger partial charge in [-0.05, 0) is 38.6 Å². The summed E-state index contributed by atoms with van der Waals surface area (Å²) in [6.45, 7) is 7.21. The van der Waals surface area contributed by atoms with Crippen LogP contribution in [0.4, 0.5) is 0 Å². The molecule has 0 amide bonds. The number of aryl methyl sites for hydroxylation is 1. The van der Waals surface area contributed by atoms with E-state index in [1.165, 1.54) is 0 Å². The van der Waals surface area contributed by atoms with Gasteiger partial charge < -0.3 is 0 Å². The van der Waals surface area contributed by atoms with Gasteiger partial charge in [0.1, 0.15) is 0 Å². The molecule has 0 aliphatic rings. The molecule has 0 fully saturated rings. The molecule has 0 aliphatic carbocycles. The largest absolute Gasteiger partial charge is 0.298 e. The van der Waals surface area contributed by atoms with Crippen molar-refractivity contribution >= 4 is 0 Å². The van der Waals surface area contributed by atoms with Crippen LogP contribution in [0.15, 0.2) is 18.2 Å². The first-order valence-corrected chi connectivity index (χ1v) is 5.84. The van der Waals surface area contributed by atoms with E-state index in [1.54, 1.807) is 0 Å². The molecule has 2 nitrogen and oxygen atoms in total. The number of hydrogen-bond donors (Lipinski definition) is 0. The van der Waals surface area contributed by atoms with Crippen molar-refractivity contribution in [2.24, 2.45) is 0 Å². The zero-order chi connectivity index (χ0) is 11.8. The van der Waals surface area contributed by atoms with E-state index in [4.69, 9.17) is 6.42 Å². The summed E-state index contributed by atoms with van der Waals surface area (Å²) < 4.78 is 0. The monoisotopic (exact) mass is 216 g/mol. The van der Waals surface area contributed by atoms with Gasteiger partial charge in [-0.2, -0.15) is 0 Å². The quantitative estimate of drug-likeness (QED) is 0.537. The Bertz CT molecular complexity index is 352. The van der Waals surface area contributed by atoms with Crippen LogP contribution in [0.5, 0.6) is 0 Å². The van der Waals surface area contributed by atoms with E-state index in [0.717, 1.165) is 43.9 Å². The maximum absolute atomic E-state index is 5.25. The number of unbranched alkanes of at least 4 members (excludes halogenated alkanes) is 1. The van der Waals surface area contributed by atoms with Crippen LogP contribution in [0.3, 0.4) is 0 Å². The SMILES string of the molecule is C#CCCCN(CC)Cc1cccc(C)n1. The molecule has 2 heteroatoms. The van der Waals surface area contributed by atoms with Crippen molar-refractivity contribution < 1.29 is 0 Å². The summed E-state index contributed by atoms with van der Waals surface area (Å²) in [6, 6.07) is 6.17. The van der Waals surface area contributed by atoms with Gasteiger partial charge in [0.15, 0.2) is 0 Å². The third kappa shape index (κ3) is 4.46. The number of nitrogens with zero attached hydrogens (tertiary/aromatic N) is 2. The standard InChI is InChI=1S/C14H20N2/c1-4-6-7-11-16(5-2)12-14-10-8-9-13(3)15-14/h1,8-10H,5-7,11-12H2,2-3H3. The molecule has 86 valence electrons. The van der Waals surface area contributed by atoms with Gasteiger partial charge in [-0.3, -0.25) is 9.88 Å². The Morgan fingerprint density at radius 3 is 2.88 bits per heavy atom. The second-order valence-electron chi connectivity index (χ2n) is 3.95. The van der Waals surface area contributed by atoms with Gasteiger partial charge in [0, 0.05) is 18.7 Å². The Labute approximate surface area is 98.7 Å². The Morgan fingerprint density at radius 1 is 1.44 bits per heavy atom. The van der Waals surface area contributed by atoms with E-state index < -0.39 is 0 Å². The summed E-state index contributed by atoms with van der Waals surface area (Å²) in [6.07, 6.45) is 7.17. The highest BCUT2D eigenvalue weighted by atomic mass is 15.1. The molecule has 0 bridgehead atoms. The van der Waals surface area contributed by atoms with E-state index in [2.05, 4.69) is 34.9 Å². The molecular weight excluding hydrogens is 196 g/mol. The van der Waals surface area contributed by atoms with Crippen molar-refractivity contribution in [3.05, 3.63) is 29.6 Å². The third-order valence-electron chi connectivity index (χ3n) is 2.57.